The molecule has 2 aromatic heterocycles. The van der Waals surface area contributed by atoms with Gasteiger partial charge in [0.25, 0.3) is 0 Å². The van der Waals surface area contributed by atoms with Crippen LogP contribution in [0.3, 0.4) is 0 Å². The molecular formula is C16H25N4S+. The van der Waals surface area contributed by atoms with Crippen LogP contribution in [0, 0.1) is 13.8 Å². The maximum Gasteiger partial charge on any atom is 0.138 e. The summed E-state index contributed by atoms with van der Waals surface area (Å²) in [5.41, 5.74) is 1.32. The predicted octanol–water partition coefficient (Wildman–Crippen LogP) is 2.18. The number of nitrogens with zero attached hydrogens (tertiary/aromatic N) is 2. The van der Waals surface area contributed by atoms with Gasteiger partial charge in [-0.15, -0.1) is 11.3 Å². The van der Waals surface area contributed by atoms with E-state index in [2.05, 4.69) is 43.0 Å². The topological polar surface area (TPSA) is 42.2 Å². The molecule has 3 rings (SSSR count). The lowest BCUT2D eigenvalue weighted by Crippen LogP contribution is -3.16. The maximum atomic E-state index is 4.51. The van der Waals surface area contributed by atoms with Crippen LogP contribution < -0.4 is 10.2 Å². The summed E-state index contributed by atoms with van der Waals surface area (Å²) in [6.07, 6.45) is 4.14. The summed E-state index contributed by atoms with van der Waals surface area (Å²) < 4.78 is 0. The number of piperidine rings is 1. The van der Waals surface area contributed by atoms with E-state index in [-0.39, 0.29) is 0 Å². The number of likely N-dealkylation sites (tertiary alicyclic amines) is 1. The molecule has 0 spiro atoms. The van der Waals surface area contributed by atoms with Crippen LogP contribution in [0.25, 0.3) is 10.2 Å². The summed E-state index contributed by atoms with van der Waals surface area (Å²) >= 11 is 1.76. The molecule has 2 N–H and O–H groups in total. The number of aromatic nitrogens is 2. The number of fused-ring (bicyclic) bond motifs is 1. The minimum absolute atomic E-state index is 0.546. The highest BCUT2D eigenvalue weighted by atomic mass is 32.1. The van der Waals surface area contributed by atoms with Crippen molar-refractivity contribution in [3.8, 4) is 0 Å². The molecule has 114 valence electrons. The Bertz CT molecular complexity index is 626. The van der Waals surface area contributed by atoms with Crippen molar-refractivity contribution >= 4 is 27.4 Å². The number of hydrogen-bond acceptors (Lipinski definition) is 4. The van der Waals surface area contributed by atoms with Crippen molar-refractivity contribution in [3.05, 3.63) is 16.8 Å². The van der Waals surface area contributed by atoms with Gasteiger partial charge in [0.1, 0.15) is 17.0 Å². The number of anilines is 1. The van der Waals surface area contributed by atoms with Crippen molar-refractivity contribution in [2.75, 3.05) is 18.4 Å². The molecule has 0 amide bonds. The molecule has 3 heterocycles. The van der Waals surface area contributed by atoms with Crippen molar-refractivity contribution in [2.45, 2.75) is 52.6 Å². The number of thiophene rings is 1. The van der Waals surface area contributed by atoms with Crippen molar-refractivity contribution in [1.29, 1.82) is 0 Å². The Hall–Kier alpha value is -1.20. The molecule has 0 aromatic carbocycles. The first-order valence-electron chi connectivity index (χ1n) is 7.88. The van der Waals surface area contributed by atoms with Crippen molar-refractivity contribution in [2.24, 2.45) is 0 Å². The standard InChI is InChI=1S/C16H24N4S/c1-10(2)20-7-5-13(6-8-20)19-15-14-11(3)12(4)21-16(14)18-9-17-15/h9-10,13H,5-8H2,1-4H3,(H,17,18,19)/p+1. The lowest BCUT2D eigenvalue weighted by molar-refractivity contribution is -0.926. The zero-order chi connectivity index (χ0) is 15.0. The summed E-state index contributed by atoms with van der Waals surface area (Å²) in [6, 6.07) is 1.28. The van der Waals surface area contributed by atoms with Gasteiger partial charge in [0.2, 0.25) is 0 Å². The van der Waals surface area contributed by atoms with E-state index in [0.717, 1.165) is 16.7 Å². The fourth-order valence-corrected chi connectivity index (χ4v) is 4.19. The fraction of sp³-hybridized carbons (Fsp3) is 0.625. The van der Waals surface area contributed by atoms with Crippen molar-refractivity contribution in [1.82, 2.24) is 9.97 Å². The Balaban J connectivity index is 1.77. The lowest BCUT2D eigenvalue weighted by Gasteiger charge is -2.32. The second kappa shape index (κ2) is 5.89. The smallest absolute Gasteiger partial charge is 0.138 e. The van der Waals surface area contributed by atoms with E-state index >= 15 is 0 Å². The van der Waals surface area contributed by atoms with E-state index in [1.807, 2.05) is 0 Å². The molecule has 0 bridgehead atoms. The maximum absolute atomic E-state index is 4.51. The largest absolute Gasteiger partial charge is 0.366 e. The molecule has 21 heavy (non-hydrogen) atoms. The van der Waals surface area contributed by atoms with Gasteiger partial charge < -0.3 is 10.2 Å². The average molecular weight is 305 g/mol. The van der Waals surface area contributed by atoms with Crippen LogP contribution in [-0.2, 0) is 0 Å². The molecule has 0 aliphatic carbocycles. The Kier molecular flexibility index (Phi) is 4.13. The Morgan fingerprint density at radius 1 is 1.24 bits per heavy atom. The van der Waals surface area contributed by atoms with Gasteiger partial charge in [0, 0.05) is 23.8 Å². The van der Waals surface area contributed by atoms with Gasteiger partial charge in [-0.25, -0.2) is 9.97 Å². The van der Waals surface area contributed by atoms with E-state index in [1.54, 1.807) is 22.6 Å². The van der Waals surface area contributed by atoms with Crippen molar-refractivity contribution in [3.63, 3.8) is 0 Å². The van der Waals surface area contributed by atoms with Crippen LogP contribution in [0.4, 0.5) is 5.82 Å². The van der Waals surface area contributed by atoms with Crippen LogP contribution >= 0.6 is 11.3 Å². The van der Waals surface area contributed by atoms with Gasteiger partial charge >= 0.3 is 0 Å². The molecule has 0 unspecified atom stereocenters. The third-order valence-corrected chi connectivity index (χ3v) is 5.87. The normalized spacial score (nSPS) is 22.9. The lowest BCUT2D eigenvalue weighted by atomic mass is 10.0. The van der Waals surface area contributed by atoms with Crippen LogP contribution in [0.1, 0.15) is 37.1 Å². The zero-order valence-electron chi connectivity index (χ0n) is 13.4. The van der Waals surface area contributed by atoms with E-state index in [9.17, 15) is 0 Å². The molecular weight excluding hydrogens is 280 g/mol. The van der Waals surface area contributed by atoms with E-state index in [4.69, 9.17) is 0 Å². The molecule has 5 heteroatoms. The number of quaternary nitrogens is 1. The third-order valence-electron chi connectivity index (χ3n) is 4.75. The number of rotatable bonds is 3. The van der Waals surface area contributed by atoms with E-state index < -0.39 is 0 Å². The van der Waals surface area contributed by atoms with Gasteiger partial charge in [0.05, 0.1) is 24.5 Å². The first kappa shape index (κ1) is 14.7. The molecule has 4 nitrogen and oxygen atoms in total. The second-order valence-corrected chi connectivity index (χ2v) is 7.62. The molecule has 0 saturated carbocycles. The summed E-state index contributed by atoms with van der Waals surface area (Å²) in [6.45, 7) is 11.5. The SMILES string of the molecule is Cc1sc2ncnc(NC3CC[NH+](C(C)C)CC3)c2c1C. The quantitative estimate of drug-likeness (QED) is 0.913. The van der Waals surface area contributed by atoms with Gasteiger partial charge in [-0.05, 0) is 33.3 Å². The van der Waals surface area contributed by atoms with E-state index in [1.165, 1.54) is 41.8 Å². The van der Waals surface area contributed by atoms with Crippen LogP contribution in [0.2, 0.25) is 0 Å². The Morgan fingerprint density at radius 2 is 1.95 bits per heavy atom. The van der Waals surface area contributed by atoms with Gasteiger partial charge in [0.15, 0.2) is 0 Å². The number of nitrogens with one attached hydrogen (secondary N) is 2. The monoisotopic (exact) mass is 305 g/mol. The molecule has 0 atom stereocenters. The van der Waals surface area contributed by atoms with Crippen LogP contribution in [-0.4, -0.2) is 35.1 Å². The van der Waals surface area contributed by atoms with Crippen molar-refractivity contribution < 1.29 is 4.90 Å². The summed E-state index contributed by atoms with van der Waals surface area (Å²) in [4.78, 5) is 13.1. The first-order chi connectivity index (χ1) is 10.1. The van der Waals surface area contributed by atoms with Crippen LogP contribution in [0.15, 0.2) is 6.33 Å². The average Bonchev–Trinajstić information content (AvgIpc) is 2.76. The molecule has 1 fully saturated rings. The third kappa shape index (κ3) is 2.90. The minimum atomic E-state index is 0.546. The molecule has 1 aliphatic heterocycles. The van der Waals surface area contributed by atoms with E-state index in [0.29, 0.717) is 6.04 Å². The Labute approximate surface area is 130 Å². The van der Waals surface area contributed by atoms with Gasteiger partial charge in [-0.1, -0.05) is 0 Å². The highest BCUT2D eigenvalue weighted by molar-refractivity contribution is 7.18. The molecule has 2 aromatic rings. The summed E-state index contributed by atoms with van der Waals surface area (Å²) in [7, 11) is 0. The molecule has 0 radical (unpaired) electrons. The summed E-state index contributed by atoms with van der Waals surface area (Å²) in [5.74, 6) is 1.03. The Morgan fingerprint density at radius 3 is 2.62 bits per heavy atom. The summed E-state index contributed by atoms with van der Waals surface area (Å²) in [5, 5.41) is 4.90. The highest BCUT2D eigenvalue weighted by Gasteiger charge is 2.24. The molecule has 1 aliphatic rings. The fourth-order valence-electron chi connectivity index (χ4n) is 3.20. The van der Waals surface area contributed by atoms with Crippen LogP contribution in [0.5, 0.6) is 0 Å². The molecule has 1 saturated heterocycles. The predicted molar refractivity (Wildman–Crippen MR) is 89.4 cm³/mol. The number of aryl methyl sites for hydroxylation is 2. The second-order valence-electron chi connectivity index (χ2n) is 6.42. The number of hydrogen-bond donors (Lipinski definition) is 2. The van der Waals surface area contributed by atoms with Gasteiger partial charge in [-0.3, -0.25) is 0 Å². The minimum Gasteiger partial charge on any atom is -0.366 e. The first-order valence-corrected chi connectivity index (χ1v) is 8.69. The van der Waals surface area contributed by atoms with Gasteiger partial charge in [-0.2, -0.15) is 0 Å². The highest BCUT2D eigenvalue weighted by Crippen LogP contribution is 2.32. The zero-order valence-corrected chi connectivity index (χ0v) is 14.2.